The van der Waals surface area contributed by atoms with E-state index in [4.69, 9.17) is 4.99 Å². The van der Waals surface area contributed by atoms with Gasteiger partial charge in [-0.05, 0) is 31.1 Å². The first kappa shape index (κ1) is 13.8. The molecule has 0 atom stereocenters. The van der Waals surface area contributed by atoms with Gasteiger partial charge in [0.25, 0.3) is 0 Å². The number of thioether (sulfide) groups is 1. The van der Waals surface area contributed by atoms with Crippen LogP contribution in [0.1, 0.15) is 71.1 Å². The second kappa shape index (κ2) is 5.67. The Bertz CT molecular complexity index is 339. The highest BCUT2D eigenvalue weighted by Crippen LogP contribution is 2.38. The van der Waals surface area contributed by atoms with E-state index in [1.165, 1.54) is 75.1 Å². The molecule has 3 heteroatoms. The number of amidine groups is 1. The highest BCUT2D eigenvalue weighted by molar-refractivity contribution is 8.14. The molecule has 0 unspecified atom stereocenters. The van der Waals surface area contributed by atoms with E-state index >= 15 is 0 Å². The van der Waals surface area contributed by atoms with Crippen LogP contribution in [0, 0.1) is 5.41 Å². The Balaban J connectivity index is 1.56. The molecule has 2 saturated carbocycles. The minimum Gasteiger partial charge on any atom is -0.359 e. The van der Waals surface area contributed by atoms with Crippen LogP contribution in [-0.4, -0.2) is 23.0 Å². The van der Waals surface area contributed by atoms with Gasteiger partial charge in [-0.3, -0.25) is 4.99 Å². The lowest BCUT2D eigenvalue weighted by Crippen LogP contribution is -2.45. The Morgan fingerprint density at radius 3 is 2.32 bits per heavy atom. The van der Waals surface area contributed by atoms with Crippen LogP contribution < -0.4 is 5.32 Å². The van der Waals surface area contributed by atoms with Gasteiger partial charge in [0.05, 0.1) is 0 Å². The maximum atomic E-state index is 4.94. The molecule has 2 aliphatic carbocycles. The van der Waals surface area contributed by atoms with Crippen LogP contribution in [0.15, 0.2) is 4.99 Å². The summed E-state index contributed by atoms with van der Waals surface area (Å²) in [4.78, 5) is 4.94. The van der Waals surface area contributed by atoms with Gasteiger partial charge in [-0.15, -0.1) is 0 Å². The van der Waals surface area contributed by atoms with Gasteiger partial charge in [-0.2, -0.15) is 0 Å². The molecule has 0 aromatic carbocycles. The quantitative estimate of drug-likeness (QED) is 0.813. The molecule has 0 aromatic rings. The fourth-order valence-electron chi connectivity index (χ4n) is 3.91. The smallest absolute Gasteiger partial charge is 0.157 e. The highest BCUT2D eigenvalue weighted by Gasteiger charge is 2.38. The van der Waals surface area contributed by atoms with Crippen molar-refractivity contribution in [1.29, 1.82) is 0 Å². The third-order valence-corrected chi connectivity index (χ3v) is 6.53. The molecule has 19 heavy (non-hydrogen) atoms. The van der Waals surface area contributed by atoms with Crippen LogP contribution in [0.4, 0.5) is 0 Å². The van der Waals surface area contributed by atoms with Crippen LogP contribution in [0.5, 0.6) is 0 Å². The topological polar surface area (TPSA) is 24.4 Å². The molecule has 1 saturated heterocycles. The molecular weight excluding hydrogens is 252 g/mol. The Morgan fingerprint density at radius 1 is 1.00 bits per heavy atom. The van der Waals surface area contributed by atoms with E-state index in [0.29, 0.717) is 11.0 Å². The summed E-state index contributed by atoms with van der Waals surface area (Å²) in [5.41, 5.74) is 0.894. The van der Waals surface area contributed by atoms with E-state index in [1.807, 2.05) is 11.8 Å². The van der Waals surface area contributed by atoms with E-state index in [1.54, 1.807) is 0 Å². The van der Waals surface area contributed by atoms with Crippen molar-refractivity contribution in [3.63, 3.8) is 0 Å². The number of nitrogens with one attached hydrogen (secondary N) is 1. The average molecular weight is 280 g/mol. The van der Waals surface area contributed by atoms with Gasteiger partial charge in [0.15, 0.2) is 5.17 Å². The average Bonchev–Trinajstić information content (AvgIpc) is 2.82. The van der Waals surface area contributed by atoms with Crippen molar-refractivity contribution in [2.45, 2.75) is 76.7 Å². The summed E-state index contributed by atoms with van der Waals surface area (Å²) >= 11 is 1.97. The summed E-state index contributed by atoms with van der Waals surface area (Å²) in [6, 6.07) is 0. The van der Waals surface area contributed by atoms with E-state index in [2.05, 4.69) is 12.2 Å². The molecule has 1 N–H and O–H groups in total. The summed E-state index contributed by atoms with van der Waals surface area (Å²) in [5, 5.41) is 5.02. The van der Waals surface area contributed by atoms with Crippen molar-refractivity contribution in [1.82, 2.24) is 5.32 Å². The number of aliphatic imine (C=N–C) groups is 1. The highest BCUT2D eigenvalue weighted by atomic mass is 32.2. The Morgan fingerprint density at radius 2 is 1.63 bits per heavy atom. The lowest BCUT2D eigenvalue weighted by atomic mass is 9.76. The molecule has 0 radical (unpaired) electrons. The first-order valence-corrected chi connectivity index (χ1v) is 9.14. The SMILES string of the molecule is CC1(CN=C2NC3(CCCCC3)CS2)CCCCC1. The van der Waals surface area contributed by atoms with Crippen molar-refractivity contribution >= 4 is 16.9 Å². The van der Waals surface area contributed by atoms with Crippen LogP contribution in [0.2, 0.25) is 0 Å². The molecule has 3 aliphatic rings. The van der Waals surface area contributed by atoms with Gasteiger partial charge in [0.2, 0.25) is 0 Å². The molecule has 108 valence electrons. The standard InChI is InChI=1S/C16H28N2S/c1-15(8-4-2-5-9-15)12-17-14-18-16(13-19-14)10-6-3-7-11-16/h2-13H2,1H3,(H,17,18). The van der Waals surface area contributed by atoms with Gasteiger partial charge < -0.3 is 5.32 Å². The lowest BCUT2D eigenvalue weighted by molar-refractivity contribution is 0.226. The summed E-state index contributed by atoms with van der Waals surface area (Å²) < 4.78 is 0. The van der Waals surface area contributed by atoms with Crippen molar-refractivity contribution in [2.75, 3.05) is 12.3 Å². The van der Waals surface area contributed by atoms with Gasteiger partial charge in [0, 0.05) is 17.8 Å². The zero-order valence-electron chi connectivity index (χ0n) is 12.3. The van der Waals surface area contributed by atoms with E-state index in [-0.39, 0.29) is 0 Å². The van der Waals surface area contributed by atoms with Crippen LogP contribution in [0.25, 0.3) is 0 Å². The van der Waals surface area contributed by atoms with Crippen LogP contribution in [-0.2, 0) is 0 Å². The van der Waals surface area contributed by atoms with Gasteiger partial charge in [-0.1, -0.05) is 57.2 Å². The van der Waals surface area contributed by atoms with Crippen molar-refractivity contribution in [3.8, 4) is 0 Å². The predicted molar refractivity (Wildman–Crippen MR) is 84.9 cm³/mol. The fourth-order valence-corrected chi connectivity index (χ4v) is 5.13. The molecule has 2 nitrogen and oxygen atoms in total. The third kappa shape index (κ3) is 3.29. The summed E-state index contributed by atoms with van der Waals surface area (Å²) in [6.07, 6.45) is 13.9. The molecule has 3 fully saturated rings. The van der Waals surface area contributed by atoms with Gasteiger partial charge >= 0.3 is 0 Å². The van der Waals surface area contributed by atoms with Gasteiger partial charge in [0.1, 0.15) is 0 Å². The number of hydrogen-bond acceptors (Lipinski definition) is 2. The maximum absolute atomic E-state index is 4.94. The summed E-state index contributed by atoms with van der Waals surface area (Å²) in [7, 11) is 0. The largest absolute Gasteiger partial charge is 0.359 e. The predicted octanol–water partition coefficient (Wildman–Crippen LogP) is 4.35. The second-order valence-electron chi connectivity index (χ2n) is 7.25. The first-order valence-electron chi connectivity index (χ1n) is 8.15. The number of rotatable bonds is 2. The fraction of sp³-hybridized carbons (Fsp3) is 0.938. The van der Waals surface area contributed by atoms with E-state index < -0.39 is 0 Å². The molecule has 0 bridgehead atoms. The maximum Gasteiger partial charge on any atom is 0.157 e. The summed E-state index contributed by atoms with van der Waals surface area (Å²) in [5.74, 6) is 1.25. The van der Waals surface area contributed by atoms with E-state index in [9.17, 15) is 0 Å². The minimum absolute atomic E-state index is 0.412. The molecule has 0 aromatic heterocycles. The molecule has 1 heterocycles. The van der Waals surface area contributed by atoms with Crippen molar-refractivity contribution in [2.24, 2.45) is 10.4 Å². The second-order valence-corrected chi connectivity index (χ2v) is 8.21. The Kier molecular flexibility index (Phi) is 4.11. The first-order chi connectivity index (χ1) is 9.20. The molecule has 1 aliphatic heterocycles. The molecular formula is C16H28N2S. The van der Waals surface area contributed by atoms with Crippen LogP contribution >= 0.6 is 11.8 Å². The summed E-state index contributed by atoms with van der Waals surface area (Å²) in [6.45, 7) is 3.48. The molecule has 0 amide bonds. The normalized spacial score (nSPS) is 31.5. The Hall–Kier alpha value is -0.180. The van der Waals surface area contributed by atoms with E-state index in [0.717, 1.165) is 6.54 Å². The Labute approximate surface area is 122 Å². The van der Waals surface area contributed by atoms with Crippen molar-refractivity contribution < 1.29 is 0 Å². The number of nitrogens with zero attached hydrogens (tertiary/aromatic N) is 1. The van der Waals surface area contributed by atoms with Crippen molar-refractivity contribution in [3.05, 3.63) is 0 Å². The number of hydrogen-bond donors (Lipinski definition) is 1. The van der Waals surface area contributed by atoms with Crippen LogP contribution in [0.3, 0.4) is 0 Å². The minimum atomic E-state index is 0.412. The zero-order valence-corrected chi connectivity index (χ0v) is 13.2. The zero-order chi connectivity index (χ0) is 13.2. The molecule has 3 rings (SSSR count). The monoisotopic (exact) mass is 280 g/mol. The third-order valence-electron chi connectivity index (χ3n) is 5.33. The lowest BCUT2D eigenvalue weighted by Gasteiger charge is -2.33. The van der Waals surface area contributed by atoms with Gasteiger partial charge in [-0.25, -0.2) is 0 Å². The molecule has 1 spiro atoms.